The number of thioether (sulfide) groups is 1. The molecule has 0 saturated carbocycles. The molecule has 6 aromatic rings. The van der Waals surface area contributed by atoms with E-state index in [-0.39, 0.29) is 11.5 Å². The van der Waals surface area contributed by atoms with Gasteiger partial charge in [0.2, 0.25) is 5.16 Å². The largest absolute Gasteiger partial charge is 0.416 e. The number of rotatable bonds is 8. The van der Waals surface area contributed by atoms with E-state index in [1.807, 2.05) is 61.5 Å². The molecule has 10 heteroatoms. The molecule has 0 atom stereocenters. The number of benzene rings is 4. The molecule has 43 heavy (non-hydrogen) atoms. The molecule has 4 aromatic carbocycles. The highest BCUT2D eigenvalue weighted by atomic mass is 32.2. The van der Waals surface area contributed by atoms with E-state index in [0.717, 1.165) is 34.2 Å². The van der Waals surface area contributed by atoms with Crippen molar-refractivity contribution in [1.29, 1.82) is 0 Å². The second-order valence-electron chi connectivity index (χ2n) is 9.88. The molecule has 2 aromatic heterocycles. The zero-order valence-corrected chi connectivity index (χ0v) is 23.7. The summed E-state index contributed by atoms with van der Waals surface area (Å²) in [5, 5.41) is 10.5. The maximum atomic E-state index is 13.1. The number of anilines is 2. The van der Waals surface area contributed by atoms with Crippen LogP contribution in [0.2, 0.25) is 0 Å². The van der Waals surface area contributed by atoms with Crippen molar-refractivity contribution in [3.05, 3.63) is 131 Å². The summed E-state index contributed by atoms with van der Waals surface area (Å²) in [7, 11) is 0. The van der Waals surface area contributed by atoms with Gasteiger partial charge in [0.05, 0.1) is 5.56 Å². The van der Waals surface area contributed by atoms with Gasteiger partial charge in [-0.2, -0.15) is 22.7 Å². The van der Waals surface area contributed by atoms with Gasteiger partial charge in [-0.05, 0) is 71.3 Å². The summed E-state index contributed by atoms with van der Waals surface area (Å²) in [6.07, 6.45) is -1.02. The van der Waals surface area contributed by atoms with Crippen LogP contribution in [0.3, 0.4) is 0 Å². The lowest BCUT2D eigenvalue weighted by Crippen LogP contribution is -2.04. The minimum Gasteiger partial charge on any atom is -0.340 e. The Bertz CT molecular complexity index is 1980. The number of aryl methyl sites for hydroxylation is 1. The highest BCUT2D eigenvalue weighted by Crippen LogP contribution is 2.31. The van der Waals surface area contributed by atoms with Crippen LogP contribution in [-0.2, 0) is 11.9 Å². The van der Waals surface area contributed by atoms with Crippen molar-refractivity contribution < 1.29 is 18.0 Å². The summed E-state index contributed by atoms with van der Waals surface area (Å²) >= 11 is 1.23. The van der Waals surface area contributed by atoms with E-state index in [2.05, 4.69) is 20.4 Å². The Balaban J connectivity index is 1.14. The zero-order valence-electron chi connectivity index (χ0n) is 22.8. The van der Waals surface area contributed by atoms with Crippen LogP contribution in [-0.4, -0.2) is 25.4 Å². The first-order chi connectivity index (χ1) is 20.7. The molecule has 2 heterocycles. The van der Waals surface area contributed by atoms with E-state index in [1.165, 1.54) is 17.8 Å². The van der Waals surface area contributed by atoms with E-state index in [4.69, 9.17) is 0 Å². The molecule has 0 radical (unpaired) electrons. The fourth-order valence-corrected chi connectivity index (χ4v) is 5.31. The second kappa shape index (κ2) is 11.7. The number of ketones is 1. The second-order valence-corrected chi connectivity index (χ2v) is 10.8. The summed E-state index contributed by atoms with van der Waals surface area (Å²) in [5.41, 5.74) is 2.77. The Labute approximate surface area is 249 Å². The molecule has 1 N–H and O–H groups in total. The predicted octanol–water partition coefficient (Wildman–Crippen LogP) is 8.54. The molecule has 0 spiro atoms. The van der Waals surface area contributed by atoms with Crippen molar-refractivity contribution in [2.24, 2.45) is 0 Å². The molecular weight excluding hydrogens is 571 g/mol. The molecule has 0 unspecified atom stereocenters. The van der Waals surface area contributed by atoms with Crippen LogP contribution in [0.1, 0.15) is 32.7 Å². The number of nitrogens with one attached hydrogen (secondary N) is 1. The molecule has 0 aliphatic carbocycles. The number of alkyl halides is 3. The van der Waals surface area contributed by atoms with Gasteiger partial charge in [-0.3, -0.25) is 4.79 Å². The Morgan fingerprint density at radius 3 is 2.49 bits per heavy atom. The van der Waals surface area contributed by atoms with Gasteiger partial charge in [0.1, 0.15) is 5.82 Å². The van der Waals surface area contributed by atoms with Gasteiger partial charge in [0.15, 0.2) is 5.78 Å². The lowest BCUT2D eigenvalue weighted by molar-refractivity contribution is -0.137. The van der Waals surface area contributed by atoms with Gasteiger partial charge in [-0.1, -0.05) is 72.4 Å². The minimum atomic E-state index is -4.40. The van der Waals surface area contributed by atoms with Crippen LogP contribution in [0.4, 0.5) is 24.7 Å². The standard InChI is InChI=1S/C33H24F3N5OS/c1-21-17-30(41-31(37-21)39-32(40-41)43-20-23-5-4-8-27(19-23)33(34,35)36)38-28-14-12-25(13-15-28)29(42)16-10-22-9-11-24-6-2-3-7-26(24)18-22/h2-19,38H,20H2,1H3/b16-10+. The van der Waals surface area contributed by atoms with Crippen LogP contribution in [0.15, 0.2) is 108 Å². The molecular formula is C33H24F3N5OS. The highest BCUT2D eigenvalue weighted by molar-refractivity contribution is 7.98. The van der Waals surface area contributed by atoms with Crippen molar-refractivity contribution in [3.63, 3.8) is 0 Å². The van der Waals surface area contributed by atoms with Gasteiger partial charge < -0.3 is 5.32 Å². The summed E-state index contributed by atoms with van der Waals surface area (Å²) < 4.78 is 40.7. The van der Waals surface area contributed by atoms with Gasteiger partial charge >= 0.3 is 6.18 Å². The summed E-state index contributed by atoms with van der Waals surface area (Å²) in [6, 6.07) is 28.3. The number of nitrogens with zero attached hydrogens (tertiary/aromatic N) is 4. The summed E-state index contributed by atoms with van der Waals surface area (Å²) in [5.74, 6) is 1.13. The monoisotopic (exact) mass is 595 g/mol. The average Bonchev–Trinajstić information content (AvgIpc) is 3.42. The highest BCUT2D eigenvalue weighted by Gasteiger charge is 2.30. The van der Waals surface area contributed by atoms with E-state index in [9.17, 15) is 18.0 Å². The number of hydrogen-bond donors (Lipinski definition) is 1. The Hall–Kier alpha value is -4.96. The Kier molecular flexibility index (Phi) is 7.69. The third-order valence-corrected chi connectivity index (χ3v) is 7.59. The molecule has 0 saturated heterocycles. The van der Waals surface area contributed by atoms with Crippen LogP contribution in [0, 0.1) is 6.92 Å². The van der Waals surface area contributed by atoms with Crippen molar-refractivity contribution in [3.8, 4) is 0 Å². The number of carbonyl (C=O) groups excluding carboxylic acids is 1. The number of fused-ring (bicyclic) bond motifs is 2. The molecule has 6 nitrogen and oxygen atoms in total. The topological polar surface area (TPSA) is 72.2 Å². The maximum Gasteiger partial charge on any atom is 0.416 e. The maximum absolute atomic E-state index is 13.1. The number of aromatic nitrogens is 4. The van der Waals surface area contributed by atoms with Gasteiger partial charge in [-0.15, -0.1) is 5.10 Å². The molecule has 0 aliphatic rings. The lowest BCUT2D eigenvalue weighted by atomic mass is 10.1. The van der Waals surface area contributed by atoms with Gasteiger partial charge in [0, 0.05) is 28.8 Å². The molecule has 0 aliphatic heterocycles. The summed E-state index contributed by atoms with van der Waals surface area (Å²) in [4.78, 5) is 21.7. The predicted molar refractivity (Wildman–Crippen MR) is 164 cm³/mol. The van der Waals surface area contributed by atoms with Crippen LogP contribution >= 0.6 is 11.8 Å². The summed E-state index contributed by atoms with van der Waals surface area (Å²) in [6.45, 7) is 1.83. The third-order valence-electron chi connectivity index (χ3n) is 6.69. The third kappa shape index (κ3) is 6.60. The molecule has 0 amide bonds. The van der Waals surface area contributed by atoms with Crippen LogP contribution in [0.25, 0.3) is 22.6 Å². The normalized spacial score (nSPS) is 11.9. The SMILES string of the molecule is Cc1cc(Nc2ccc(C(=O)/C=C/c3ccc4ccccc4c3)cc2)n2nc(SCc3cccc(C(F)(F)F)c3)nc2n1. The quantitative estimate of drug-likeness (QED) is 0.108. The van der Waals surface area contributed by atoms with Crippen molar-refractivity contribution in [2.75, 3.05) is 5.32 Å². The Morgan fingerprint density at radius 1 is 0.907 bits per heavy atom. The fourth-order valence-electron chi connectivity index (χ4n) is 4.55. The molecule has 0 bridgehead atoms. The first kappa shape index (κ1) is 28.2. The van der Waals surface area contributed by atoms with E-state index >= 15 is 0 Å². The lowest BCUT2D eigenvalue weighted by Gasteiger charge is -2.09. The van der Waals surface area contributed by atoms with Gasteiger partial charge in [-0.25, -0.2) is 4.98 Å². The first-order valence-electron chi connectivity index (χ1n) is 13.3. The van der Waals surface area contributed by atoms with Crippen LogP contribution < -0.4 is 5.32 Å². The Morgan fingerprint density at radius 2 is 1.70 bits per heavy atom. The smallest absolute Gasteiger partial charge is 0.340 e. The molecule has 214 valence electrons. The van der Waals surface area contributed by atoms with E-state index < -0.39 is 11.7 Å². The minimum absolute atomic E-state index is 0.111. The number of allylic oxidation sites excluding steroid dienone is 1. The van der Waals surface area contributed by atoms with Crippen molar-refractivity contribution in [2.45, 2.75) is 24.0 Å². The van der Waals surface area contributed by atoms with E-state index in [0.29, 0.717) is 33.6 Å². The van der Waals surface area contributed by atoms with Crippen molar-refractivity contribution >= 4 is 51.7 Å². The number of carbonyl (C=O) groups is 1. The fraction of sp³-hybridized carbons (Fsp3) is 0.0909. The molecule has 6 rings (SSSR count). The number of hydrogen-bond acceptors (Lipinski definition) is 6. The molecule has 0 fully saturated rings. The zero-order chi connectivity index (χ0) is 30.0. The average molecular weight is 596 g/mol. The first-order valence-corrected chi connectivity index (χ1v) is 14.3. The number of halogens is 3. The van der Waals surface area contributed by atoms with Crippen LogP contribution in [0.5, 0.6) is 0 Å². The van der Waals surface area contributed by atoms with E-state index in [1.54, 1.807) is 40.9 Å². The van der Waals surface area contributed by atoms with Gasteiger partial charge in [0.25, 0.3) is 5.78 Å². The van der Waals surface area contributed by atoms with Crippen molar-refractivity contribution in [1.82, 2.24) is 19.6 Å².